The second-order valence-corrected chi connectivity index (χ2v) is 14.9. The van der Waals surface area contributed by atoms with Crippen LogP contribution in [0.2, 0.25) is 5.02 Å². The van der Waals surface area contributed by atoms with Crippen LogP contribution in [0.3, 0.4) is 0 Å². The van der Waals surface area contributed by atoms with Crippen LogP contribution in [-0.2, 0) is 20.8 Å². The Hall–Kier alpha value is -2.12. The molecule has 3 N–H and O–H groups in total. The molecule has 2 aromatic rings. The first-order valence-corrected chi connectivity index (χ1v) is 15.4. The van der Waals surface area contributed by atoms with E-state index in [2.05, 4.69) is 23.8 Å². The fourth-order valence-corrected chi connectivity index (χ4v) is 4.52. The second-order valence-electron chi connectivity index (χ2n) is 9.88. The molecule has 1 fully saturated rings. The van der Waals surface area contributed by atoms with Gasteiger partial charge in [-0.25, -0.2) is 19.8 Å². The summed E-state index contributed by atoms with van der Waals surface area (Å²) in [6.45, 7) is 1.94. The molecule has 0 saturated carbocycles. The highest BCUT2D eigenvalue weighted by molar-refractivity contribution is 8.32. The molecular weight excluding hydrogens is 538 g/mol. The number of aryl methyl sites for hydroxylation is 1. The molecule has 1 aromatic heterocycles. The van der Waals surface area contributed by atoms with Gasteiger partial charge < -0.3 is 39.0 Å². The van der Waals surface area contributed by atoms with Gasteiger partial charge in [0.2, 0.25) is 5.88 Å². The molecule has 12 heteroatoms. The van der Waals surface area contributed by atoms with Gasteiger partial charge in [0.1, 0.15) is 48.4 Å². The number of methoxy groups -OCH3 is 1. The lowest BCUT2D eigenvalue weighted by Gasteiger charge is -2.40. The summed E-state index contributed by atoms with van der Waals surface area (Å²) in [5.74, 6) is 1.01. The quantitative estimate of drug-likeness (QED) is 0.343. The van der Waals surface area contributed by atoms with Gasteiger partial charge >= 0.3 is 5.97 Å². The van der Waals surface area contributed by atoms with E-state index in [1.807, 2.05) is 0 Å². The molecule has 5 atom stereocenters. The van der Waals surface area contributed by atoms with E-state index in [9.17, 15) is 20.1 Å². The van der Waals surface area contributed by atoms with Gasteiger partial charge in [-0.05, 0) is 55.5 Å². The predicted octanol–water partition coefficient (Wildman–Crippen LogP) is 2.31. The van der Waals surface area contributed by atoms with Gasteiger partial charge in [-0.2, -0.15) is 0 Å². The number of halogens is 1. The number of benzene rings is 1. The molecular formula is C26H36ClNO9S. The van der Waals surface area contributed by atoms with Gasteiger partial charge in [0, 0.05) is 17.5 Å². The molecule has 1 aliphatic rings. The molecule has 2 heterocycles. The van der Waals surface area contributed by atoms with Crippen LogP contribution in [0.1, 0.15) is 21.5 Å². The zero-order chi connectivity index (χ0) is 28.0. The van der Waals surface area contributed by atoms with Gasteiger partial charge in [-0.15, -0.1) is 0 Å². The number of hydrogen-bond acceptors (Lipinski definition) is 10. The molecule has 1 aromatic carbocycles. The van der Waals surface area contributed by atoms with Crippen molar-refractivity contribution in [2.75, 3.05) is 44.8 Å². The van der Waals surface area contributed by atoms with Crippen LogP contribution in [-0.4, -0.2) is 102 Å². The van der Waals surface area contributed by atoms with Crippen LogP contribution in [0.15, 0.2) is 30.5 Å². The predicted molar refractivity (Wildman–Crippen MR) is 144 cm³/mol. The van der Waals surface area contributed by atoms with Crippen molar-refractivity contribution in [1.29, 1.82) is 0 Å². The molecule has 0 unspecified atom stereocenters. The first-order chi connectivity index (χ1) is 17.9. The van der Waals surface area contributed by atoms with Crippen molar-refractivity contribution in [2.24, 2.45) is 0 Å². The van der Waals surface area contributed by atoms with E-state index in [4.69, 9.17) is 35.3 Å². The van der Waals surface area contributed by atoms with E-state index >= 15 is 0 Å². The average Bonchev–Trinajstić information content (AvgIpc) is 2.86. The van der Waals surface area contributed by atoms with Crippen molar-refractivity contribution in [3.8, 4) is 11.6 Å². The van der Waals surface area contributed by atoms with Gasteiger partial charge in [-0.1, -0.05) is 11.6 Å². The number of nitrogens with zero attached hydrogens (tertiary/aromatic N) is 1. The fraction of sp³-hybridized carbons (Fsp3) is 0.538. The molecule has 38 heavy (non-hydrogen) atoms. The summed E-state index contributed by atoms with van der Waals surface area (Å²) in [6, 6.07) is 6.60. The summed E-state index contributed by atoms with van der Waals surface area (Å²) in [6.07, 6.45) is 1.38. The van der Waals surface area contributed by atoms with Crippen LogP contribution in [0, 0.1) is 6.92 Å². The average molecular weight is 574 g/mol. The van der Waals surface area contributed by atoms with E-state index in [0.717, 1.165) is 11.3 Å². The van der Waals surface area contributed by atoms with Gasteiger partial charge in [0.15, 0.2) is 6.29 Å². The molecule has 0 amide bonds. The van der Waals surface area contributed by atoms with Gasteiger partial charge in [0.05, 0.1) is 19.3 Å². The number of aliphatic hydroxyl groups is 3. The third-order valence-electron chi connectivity index (χ3n) is 5.91. The Morgan fingerprint density at radius 2 is 1.87 bits per heavy atom. The first-order valence-electron chi connectivity index (χ1n) is 12.0. The zero-order valence-corrected chi connectivity index (χ0v) is 23.7. The Bertz CT molecular complexity index is 1100. The van der Waals surface area contributed by atoms with Crippen LogP contribution >= 0.6 is 21.6 Å². The van der Waals surface area contributed by atoms with Crippen molar-refractivity contribution in [3.05, 3.63) is 52.2 Å². The van der Waals surface area contributed by atoms with Crippen molar-refractivity contribution in [2.45, 2.75) is 44.2 Å². The number of rotatable bonds is 11. The maximum atomic E-state index is 12.7. The van der Waals surface area contributed by atoms with Crippen LogP contribution in [0.25, 0.3) is 0 Å². The Balaban J connectivity index is 1.55. The van der Waals surface area contributed by atoms with E-state index in [1.54, 1.807) is 37.4 Å². The molecule has 212 valence electrons. The third kappa shape index (κ3) is 8.19. The number of aromatic nitrogens is 1. The number of ether oxygens (including phenoxy) is 5. The number of carbonyl (C=O) groups is 1. The third-order valence-corrected chi connectivity index (χ3v) is 7.57. The van der Waals surface area contributed by atoms with Crippen molar-refractivity contribution in [1.82, 2.24) is 4.98 Å². The number of pyridine rings is 1. The Morgan fingerprint density at radius 3 is 2.50 bits per heavy atom. The molecule has 0 bridgehead atoms. The topological polar surface area (TPSA) is 137 Å². The van der Waals surface area contributed by atoms with Crippen LogP contribution < -0.4 is 9.47 Å². The SMILES string of the molecule is COc1ncc(COc2ccc(C(=O)OC[C@H]3O[C@@H](OCCS(C)(C)C)[C@H](O)[C@@H](O)[C@@H]3O)c(C)c2)cc1Cl. The summed E-state index contributed by atoms with van der Waals surface area (Å²) in [5.41, 5.74) is 1.67. The number of aliphatic hydroxyl groups excluding tert-OH is 3. The molecule has 1 aliphatic heterocycles. The standard InChI is InChI=1S/C26H36ClNO9S/c1-15-10-17(35-13-16-11-19(27)24(33-2)28-12-16)6-7-18(15)25(32)36-14-20-21(29)22(30)23(31)26(37-20)34-8-9-38(3,4)5/h6-7,10-12,20-23,26,29-31H,8-9,13-14H2,1-5H3/t20-,21-,22+,23-,26-/m1/s1. The largest absolute Gasteiger partial charge is 0.489 e. The molecule has 3 rings (SSSR count). The van der Waals surface area contributed by atoms with E-state index in [1.165, 1.54) is 7.11 Å². The maximum Gasteiger partial charge on any atom is 0.338 e. The van der Waals surface area contributed by atoms with E-state index in [-0.39, 0.29) is 13.2 Å². The summed E-state index contributed by atoms with van der Waals surface area (Å²) in [5, 5.41) is 31.2. The van der Waals surface area contributed by atoms with Crippen molar-refractivity contribution < 1.29 is 43.8 Å². The van der Waals surface area contributed by atoms with Gasteiger partial charge in [0.25, 0.3) is 0 Å². The maximum absolute atomic E-state index is 12.7. The molecule has 1 saturated heterocycles. The minimum atomic E-state index is -1.51. The van der Waals surface area contributed by atoms with E-state index < -0.39 is 46.7 Å². The van der Waals surface area contributed by atoms with Gasteiger partial charge in [-0.3, -0.25) is 0 Å². The fourth-order valence-electron chi connectivity index (χ4n) is 3.66. The minimum Gasteiger partial charge on any atom is -0.489 e. The summed E-state index contributed by atoms with van der Waals surface area (Å²) >= 11 is 6.10. The first kappa shape index (κ1) is 30.4. The Morgan fingerprint density at radius 1 is 1.13 bits per heavy atom. The minimum absolute atomic E-state index is 0.214. The monoisotopic (exact) mass is 573 g/mol. The lowest BCUT2D eigenvalue weighted by atomic mass is 9.99. The summed E-state index contributed by atoms with van der Waals surface area (Å²) in [7, 11) is 0.658. The highest BCUT2D eigenvalue weighted by atomic mass is 35.5. The van der Waals surface area contributed by atoms with Crippen LogP contribution in [0.5, 0.6) is 11.6 Å². The smallest absolute Gasteiger partial charge is 0.338 e. The summed E-state index contributed by atoms with van der Waals surface area (Å²) < 4.78 is 27.5. The highest BCUT2D eigenvalue weighted by Crippen LogP contribution is 2.34. The Kier molecular flexibility index (Phi) is 10.6. The zero-order valence-electron chi connectivity index (χ0n) is 22.1. The second kappa shape index (κ2) is 13.3. The van der Waals surface area contributed by atoms with E-state index in [0.29, 0.717) is 34.4 Å². The van der Waals surface area contributed by atoms with Crippen LogP contribution in [0.4, 0.5) is 0 Å². The lowest BCUT2D eigenvalue weighted by molar-refractivity contribution is -0.299. The van der Waals surface area contributed by atoms with Crippen molar-refractivity contribution in [3.63, 3.8) is 0 Å². The highest BCUT2D eigenvalue weighted by Gasteiger charge is 2.44. The molecule has 10 nitrogen and oxygen atoms in total. The Labute approximate surface area is 229 Å². The number of esters is 1. The number of carbonyl (C=O) groups excluding carboxylic acids is 1. The molecule has 0 aliphatic carbocycles. The normalized spacial score (nSPS) is 24.1. The lowest BCUT2D eigenvalue weighted by Crippen LogP contribution is -2.59. The summed E-state index contributed by atoms with van der Waals surface area (Å²) in [4.78, 5) is 16.8. The number of hydrogen-bond donors (Lipinski definition) is 3. The molecule has 0 radical (unpaired) electrons. The van der Waals surface area contributed by atoms with Crippen molar-refractivity contribution >= 4 is 27.6 Å². The molecule has 0 spiro atoms.